The lowest BCUT2D eigenvalue weighted by atomic mass is 10.0. The number of alkyl halides is 1. The molecule has 1 unspecified atom stereocenters. The molecule has 4 heteroatoms. The van der Waals surface area contributed by atoms with Crippen LogP contribution in [-0.2, 0) is 0 Å². The Bertz CT molecular complexity index is 640. The monoisotopic (exact) mass is 305 g/mol. The summed E-state index contributed by atoms with van der Waals surface area (Å²) in [6.07, 6.45) is 0.809. The average Bonchev–Trinajstić information content (AvgIpc) is 2.46. The SMILES string of the molecule is CC(C)CC(CCl)NC(=O)c1ccc2ccccc2c1O. The van der Waals surface area contributed by atoms with Crippen molar-refractivity contribution in [2.45, 2.75) is 26.3 Å². The van der Waals surface area contributed by atoms with Crippen LogP contribution in [0.4, 0.5) is 0 Å². The van der Waals surface area contributed by atoms with Crippen molar-refractivity contribution in [1.82, 2.24) is 5.32 Å². The number of benzene rings is 2. The fraction of sp³-hybridized carbons (Fsp3) is 0.353. The summed E-state index contributed by atoms with van der Waals surface area (Å²) in [5.41, 5.74) is 0.285. The van der Waals surface area contributed by atoms with Gasteiger partial charge in [-0.25, -0.2) is 0 Å². The van der Waals surface area contributed by atoms with Gasteiger partial charge in [0.1, 0.15) is 5.75 Å². The number of nitrogens with one attached hydrogen (secondary N) is 1. The van der Waals surface area contributed by atoms with Crippen molar-refractivity contribution in [2.75, 3.05) is 5.88 Å². The van der Waals surface area contributed by atoms with Gasteiger partial charge in [0.25, 0.3) is 5.91 Å². The fourth-order valence-electron chi connectivity index (χ4n) is 2.43. The molecule has 0 aliphatic rings. The van der Waals surface area contributed by atoms with Gasteiger partial charge < -0.3 is 10.4 Å². The molecule has 0 aromatic heterocycles. The van der Waals surface area contributed by atoms with Crippen molar-refractivity contribution in [2.24, 2.45) is 5.92 Å². The smallest absolute Gasteiger partial charge is 0.255 e. The van der Waals surface area contributed by atoms with Crippen molar-refractivity contribution >= 4 is 28.3 Å². The maximum Gasteiger partial charge on any atom is 0.255 e. The first-order chi connectivity index (χ1) is 10.0. The van der Waals surface area contributed by atoms with Crippen LogP contribution in [-0.4, -0.2) is 22.9 Å². The summed E-state index contributed by atoms with van der Waals surface area (Å²) in [5, 5.41) is 14.8. The van der Waals surface area contributed by atoms with Crippen LogP contribution in [0.3, 0.4) is 0 Å². The van der Waals surface area contributed by atoms with E-state index in [1.54, 1.807) is 12.1 Å². The molecule has 2 rings (SSSR count). The van der Waals surface area contributed by atoms with E-state index in [-0.39, 0.29) is 23.3 Å². The maximum atomic E-state index is 12.3. The van der Waals surface area contributed by atoms with Crippen molar-refractivity contribution < 1.29 is 9.90 Å². The van der Waals surface area contributed by atoms with Crippen LogP contribution in [0, 0.1) is 5.92 Å². The second-order valence-electron chi connectivity index (χ2n) is 5.64. The van der Waals surface area contributed by atoms with Gasteiger partial charge in [-0.05, 0) is 23.8 Å². The van der Waals surface area contributed by atoms with Gasteiger partial charge in [0.2, 0.25) is 0 Å². The number of fused-ring (bicyclic) bond motifs is 1. The standard InChI is InChI=1S/C17H20ClNO2/c1-11(2)9-13(10-18)19-17(21)15-8-7-12-5-3-4-6-14(12)16(15)20/h3-8,11,13,20H,9-10H2,1-2H3,(H,19,21). The zero-order chi connectivity index (χ0) is 15.4. The molecule has 0 spiro atoms. The van der Waals surface area contributed by atoms with E-state index in [0.717, 1.165) is 11.8 Å². The van der Waals surface area contributed by atoms with Gasteiger partial charge in [0.05, 0.1) is 5.56 Å². The number of carbonyl (C=O) groups is 1. The molecule has 1 atom stereocenters. The Kier molecular flexibility index (Phi) is 5.07. The largest absolute Gasteiger partial charge is 0.506 e. The highest BCUT2D eigenvalue weighted by atomic mass is 35.5. The summed E-state index contributed by atoms with van der Waals surface area (Å²) in [4.78, 5) is 12.3. The topological polar surface area (TPSA) is 49.3 Å². The van der Waals surface area contributed by atoms with Gasteiger partial charge in [0, 0.05) is 17.3 Å². The summed E-state index contributed by atoms with van der Waals surface area (Å²) in [5.74, 6) is 0.533. The molecule has 0 bridgehead atoms. The summed E-state index contributed by atoms with van der Waals surface area (Å²) < 4.78 is 0. The van der Waals surface area contributed by atoms with Crippen molar-refractivity contribution in [3.63, 3.8) is 0 Å². The minimum atomic E-state index is -0.287. The zero-order valence-electron chi connectivity index (χ0n) is 12.3. The maximum absolute atomic E-state index is 12.3. The number of amides is 1. The summed E-state index contributed by atoms with van der Waals surface area (Å²) in [6.45, 7) is 4.17. The summed E-state index contributed by atoms with van der Waals surface area (Å²) >= 11 is 5.90. The highest BCUT2D eigenvalue weighted by Gasteiger charge is 2.18. The number of rotatable bonds is 5. The molecular weight excluding hydrogens is 286 g/mol. The summed E-state index contributed by atoms with van der Waals surface area (Å²) in [7, 11) is 0. The highest BCUT2D eigenvalue weighted by molar-refractivity contribution is 6.18. The quantitative estimate of drug-likeness (QED) is 0.822. The molecule has 2 N–H and O–H groups in total. The average molecular weight is 306 g/mol. The highest BCUT2D eigenvalue weighted by Crippen LogP contribution is 2.28. The lowest BCUT2D eigenvalue weighted by molar-refractivity contribution is 0.0934. The molecule has 0 heterocycles. The number of phenols is 1. The third kappa shape index (κ3) is 3.67. The van der Waals surface area contributed by atoms with Crippen LogP contribution in [0.15, 0.2) is 36.4 Å². The van der Waals surface area contributed by atoms with Crippen LogP contribution in [0.25, 0.3) is 10.8 Å². The normalized spacial score (nSPS) is 12.6. The minimum absolute atomic E-state index is 0.0171. The van der Waals surface area contributed by atoms with Gasteiger partial charge >= 0.3 is 0 Å². The Labute approximate surface area is 129 Å². The van der Waals surface area contributed by atoms with Crippen LogP contribution < -0.4 is 5.32 Å². The van der Waals surface area contributed by atoms with E-state index in [0.29, 0.717) is 17.2 Å². The van der Waals surface area contributed by atoms with Crippen LogP contribution in [0.1, 0.15) is 30.6 Å². The van der Waals surface area contributed by atoms with Crippen molar-refractivity contribution in [3.8, 4) is 5.75 Å². The first-order valence-corrected chi connectivity index (χ1v) is 7.64. The Balaban J connectivity index is 2.25. The Morgan fingerprint density at radius 2 is 1.95 bits per heavy atom. The first-order valence-electron chi connectivity index (χ1n) is 7.10. The van der Waals surface area contributed by atoms with E-state index < -0.39 is 0 Å². The molecule has 1 amide bonds. The molecule has 0 radical (unpaired) electrons. The Morgan fingerprint density at radius 1 is 1.24 bits per heavy atom. The molecule has 2 aromatic carbocycles. The van der Waals surface area contributed by atoms with Crippen molar-refractivity contribution in [1.29, 1.82) is 0 Å². The number of hydrogen-bond acceptors (Lipinski definition) is 2. The molecule has 0 saturated carbocycles. The third-order valence-corrected chi connectivity index (χ3v) is 3.80. The van der Waals surface area contributed by atoms with E-state index in [4.69, 9.17) is 11.6 Å². The van der Waals surface area contributed by atoms with Gasteiger partial charge in [-0.1, -0.05) is 44.2 Å². The van der Waals surface area contributed by atoms with Gasteiger partial charge in [-0.3, -0.25) is 4.79 Å². The summed E-state index contributed by atoms with van der Waals surface area (Å²) in [6, 6.07) is 10.8. The van der Waals surface area contributed by atoms with Crippen LogP contribution in [0.5, 0.6) is 5.75 Å². The van der Waals surface area contributed by atoms with E-state index in [1.165, 1.54) is 0 Å². The van der Waals surface area contributed by atoms with E-state index >= 15 is 0 Å². The molecule has 0 aliphatic carbocycles. The van der Waals surface area contributed by atoms with Crippen LogP contribution in [0.2, 0.25) is 0 Å². The molecule has 21 heavy (non-hydrogen) atoms. The van der Waals surface area contributed by atoms with E-state index in [2.05, 4.69) is 19.2 Å². The molecule has 2 aromatic rings. The Hall–Kier alpha value is -1.74. The number of carbonyl (C=O) groups excluding carboxylic acids is 1. The van der Waals surface area contributed by atoms with Gasteiger partial charge in [-0.2, -0.15) is 0 Å². The second-order valence-corrected chi connectivity index (χ2v) is 5.95. The molecular formula is C17H20ClNO2. The zero-order valence-corrected chi connectivity index (χ0v) is 13.0. The number of halogens is 1. The predicted molar refractivity (Wildman–Crippen MR) is 87.0 cm³/mol. The molecule has 0 fully saturated rings. The third-order valence-electron chi connectivity index (χ3n) is 3.42. The minimum Gasteiger partial charge on any atom is -0.506 e. The predicted octanol–water partition coefficient (Wildman–Crippen LogP) is 3.93. The van der Waals surface area contributed by atoms with E-state index in [9.17, 15) is 9.90 Å². The van der Waals surface area contributed by atoms with Crippen LogP contribution >= 0.6 is 11.6 Å². The lowest BCUT2D eigenvalue weighted by Crippen LogP contribution is -2.37. The van der Waals surface area contributed by atoms with Gasteiger partial charge in [-0.15, -0.1) is 11.6 Å². The number of hydrogen-bond donors (Lipinski definition) is 2. The molecule has 3 nitrogen and oxygen atoms in total. The molecule has 112 valence electrons. The van der Waals surface area contributed by atoms with E-state index in [1.807, 2.05) is 24.3 Å². The number of phenolic OH excluding ortho intramolecular Hbond substituents is 1. The first kappa shape index (κ1) is 15.6. The molecule has 0 aliphatic heterocycles. The van der Waals surface area contributed by atoms with Gasteiger partial charge in [0.15, 0.2) is 0 Å². The lowest BCUT2D eigenvalue weighted by Gasteiger charge is -2.18. The molecule has 0 saturated heterocycles. The fourth-order valence-corrected chi connectivity index (χ4v) is 2.63. The second kappa shape index (κ2) is 6.81. The number of aromatic hydroxyl groups is 1. The van der Waals surface area contributed by atoms with Crippen molar-refractivity contribution in [3.05, 3.63) is 42.0 Å². The Morgan fingerprint density at radius 3 is 2.62 bits per heavy atom.